The molecular weight excluding hydrogens is 336 g/mol. The highest BCUT2D eigenvalue weighted by molar-refractivity contribution is 9.10. The highest BCUT2D eigenvalue weighted by Gasteiger charge is 2.19. The molecule has 5 heteroatoms. The lowest BCUT2D eigenvalue weighted by molar-refractivity contribution is 0.112. The molecule has 2 rings (SSSR count). The first-order chi connectivity index (χ1) is 10.2. The molecule has 0 aromatic heterocycles. The van der Waals surface area contributed by atoms with Crippen molar-refractivity contribution in [2.45, 2.75) is 6.61 Å². The average molecular weight is 351 g/mol. The quantitative estimate of drug-likeness (QED) is 0.742. The number of methoxy groups -OCH3 is 2. The van der Waals surface area contributed by atoms with E-state index >= 15 is 0 Å². The first kappa shape index (κ1) is 15.4. The van der Waals surface area contributed by atoms with E-state index in [2.05, 4.69) is 15.9 Å². The molecule has 0 saturated carbocycles. The van der Waals surface area contributed by atoms with Crippen LogP contribution in [0.25, 0.3) is 0 Å². The van der Waals surface area contributed by atoms with Crippen molar-refractivity contribution in [3.05, 3.63) is 52.0 Å². The maximum absolute atomic E-state index is 11.1. The van der Waals surface area contributed by atoms with E-state index in [1.807, 2.05) is 30.3 Å². The van der Waals surface area contributed by atoms with Crippen molar-refractivity contribution in [2.24, 2.45) is 0 Å². The van der Waals surface area contributed by atoms with Crippen LogP contribution in [0.2, 0.25) is 0 Å². The molecule has 0 bridgehead atoms. The van der Waals surface area contributed by atoms with Gasteiger partial charge in [-0.1, -0.05) is 30.3 Å². The van der Waals surface area contributed by atoms with Gasteiger partial charge in [0.05, 0.1) is 18.7 Å². The Hall–Kier alpha value is -2.01. The van der Waals surface area contributed by atoms with E-state index in [4.69, 9.17) is 14.2 Å². The summed E-state index contributed by atoms with van der Waals surface area (Å²) in [4.78, 5) is 11.1. The zero-order valence-corrected chi connectivity index (χ0v) is 13.3. The second-order valence-electron chi connectivity index (χ2n) is 4.24. The molecule has 21 heavy (non-hydrogen) atoms. The highest BCUT2D eigenvalue weighted by Crippen LogP contribution is 2.44. The first-order valence-electron chi connectivity index (χ1n) is 6.27. The number of ether oxygens (including phenoxy) is 3. The van der Waals surface area contributed by atoms with Gasteiger partial charge in [0.2, 0.25) is 5.75 Å². The molecular formula is C16H15BrO4. The van der Waals surface area contributed by atoms with Crippen LogP contribution in [0.3, 0.4) is 0 Å². The third kappa shape index (κ3) is 3.36. The predicted molar refractivity (Wildman–Crippen MR) is 83.4 cm³/mol. The summed E-state index contributed by atoms with van der Waals surface area (Å²) in [6.45, 7) is 0.375. The molecule has 0 atom stereocenters. The third-order valence-corrected chi connectivity index (χ3v) is 3.76. The normalized spacial score (nSPS) is 10.0. The molecule has 0 unspecified atom stereocenters. The Morgan fingerprint density at radius 1 is 1.10 bits per heavy atom. The maximum atomic E-state index is 11.1. The van der Waals surface area contributed by atoms with Gasteiger partial charge in [-0.25, -0.2) is 0 Å². The van der Waals surface area contributed by atoms with E-state index in [0.717, 1.165) is 11.8 Å². The smallest absolute Gasteiger partial charge is 0.204 e. The third-order valence-electron chi connectivity index (χ3n) is 2.94. The largest absolute Gasteiger partial charge is 0.492 e. The molecule has 110 valence electrons. The SMILES string of the molecule is COc1c(OCc2ccccc2)cc(C=O)c(Br)c1OC. The summed E-state index contributed by atoms with van der Waals surface area (Å²) in [6, 6.07) is 11.4. The van der Waals surface area contributed by atoms with Crippen LogP contribution in [0, 0.1) is 0 Å². The second-order valence-corrected chi connectivity index (χ2v) is 5.03. The van der Waals surface area contributed by atoms with E-state index in [-0.39, 0.29) is 0 Å². The molecule has 2 aromatic carbocycles. The van der Waals surface area contributed by atoms with Crippen LogP contribution in [0.5, 0.6) is 17.2 Å². The monoisotopic (exact) mass is 350 g/mol. The van der Waals surface area contributed by atoms with Gasteiger partial charge >= 0.3 is 0 Å². The molecule has 0 amide bonds. The second kappa shape index (κ2) is 7.13. The van der Waals surface area contributed by atoms with Gasteiger partial charge in [-0.3, -0.25) is 4.79 Å². The summed E-state index contributed by atoms with van der Waals surface area (Å²) in [5.41, 5.74) is 1.46. The van der Waals surface area contributed by atoms with Crippen LogP contribution in [0.4, 0.5) is 0 Å². The summed E-state index contributed by atoms with van der Waals surface area (Å²) in [5, 5.41) is 0. The van der Waals surface area contributed by atoms with Crippen LogP contribution in [0.1, 0.15) is 15.9 Å². The van der Waals surface area contributed by atoms with Crippen LogP contribution < -0.4 is 14.2 Å². The van der Waals surface area contributed by atoms with Gasteiger partial charge in [-0.15, -0.1) is 0 Å². The Morgan fingerprint density at radius 2 is 1.76 bits per heavy atom. The molecule has 0 aliphatic carbocycles. The van der Waals surface area contributed by atoms with Crippen LogP contribution in [-0.4, -0.2) is 20.5 Å². The number of aldehydes is 1. The predicted octanol–water partition coefficient (Wildman–Crippen LogP) is 3.86. The van der Waals surface area contributed by atoms with Gasteiger partial charge in [0.25, 0.3) is 0 Å². The average Bonchev–Trinajstić information content (AvgIpc) is 2.53. The molecule has 0 aliphatic heterocycles. The van der Waals surface area contributed by atoms with E-state index in [0.29, 0.717) is 33.9 Å². The Kier molecular flexibility index (Phi) is 5.22. The first-order valence-corrected chi connectivity index (χ1v) is 7.07. The van der Waals surface area contributed by atoms with Gasteiger partial charge in [0.15, 0.2) is 17.8 Å². The summed E-state index contributed by atoms with van der Waals surface area (Å²) in [5.74, 6) is 1.35. The van der Waals surface area contributed by atoms with Gasteiger partial charge in [-0.2, -0.15) is 0 Å². The van der Waals surface area contributed by atoms with Crippen molar-refractivity contribution in [1.82, 2.24) is 0 Å². The lowest BCUT2D eigenvalue weighted by Gasteiger charge is -2.16. The van der Waals surface area contributed by atoms with E-state index in [1.165, 1.54) is 14.2 Å². The van der Waals surface area contributed by atoms with Crippen molar-refractivity contribution < 1.29 is 19.0 Å². The number of benzene rings is 2. The standard InChI is InChI=1S/C16H15BrO4/c1-19-15-13(21-10-11-6-4-3-5-7-11)8-12(9-18)14(17)16(15)20-2/h3-9H,10H2,1-2H3. The van der Waals surface area contributed by atoms with Gasteiger partial charge in [0, 0.05) is 5.56 Å². The van der Waals surface area contributed by atoms with Crippen molar-refractivity contribution in [3.8, 4) is 17.2 Å². The Morgan fingerprint density at radius 3 is 2.33 bits per heavy atom. The molecule has 0 heterocycles. The minimum Gasteiger partial charge on any atom is -0.492 e. The fourth-order valence-corrected chi connectivity index (χ4v) is 2.47. The Balaban J connectivity index is 2.35. The van der Waals surface area contributed by atoms with Crippen LogP contribution in [-0.2, 0) is 6.61 Å². The number of carbonyl (C=O) groups is 1. The van der Waals surface area contributed by atoms with Gasteiger partial charge in [-0.05, 0) is 27.6 Å². The number of rotatable bonds is 6. The molecule has 0 saturated heterocycles. The molecule has 2 aromatic rings. The van der Waals surface area contributed by atoms with Gasteiger partial charge < -0.3 is 14.2 Å². The Labute approximate surface area is 131 Å². The maximum Gasteiger partial charge on any atom is 0.204 e. The molecule has 0 spiro atoms. The fraction of sp³-hybridized carbons (Fsp3) is 0.188. The topological polar surface area (TPSA) is 44.8 Å². The lowest BCUT2D eigenvalue weighted by atomic mass is 10.2. The summed E-state index contributed by atoms with van der Waals surface area (Å²) < 4.78 is 16.9. The minimum absolute atomic E-state index is 0.375. The fourth-order valence-electron chi connectivity index (χ4n) is 1.92. The summed E-state index contributed by atoms with van der Waals surface area (Å²) >= 11 is 3.33. The number of hydrogen-bond acceptors (Lipinski definition) is 4. The molecule has 0 radical (unpaired) electrons. The van der Waals surface area contributed by atoms with Crippen LogP contribution in [0.15, 0.2) is 40.9 Å². The molecule has 0 N–H and O–H groups in total. The van der Waals surface area contributed by atoms with Crippen molar-refractivity contribution in [2.75, 3.05) is 14.2 Å². The van der Waals surface area contributed by atoms with Crippen molar-refractivity contribution in [1.29, 1.82) is 0 Å². The Bertz CT molecular complexity index is 626. The molecule has 4 nitrogen and oxygen atoms in total. The van der Waals surface area contributed by atoms with E-state index in [9.17, 15) is 4.79 Å². The summed E-state index contributed by atoms with van der Waals surface area (Å²) in [7, 11) is 3.04. The number of halogens is 1. The van der Waals surface area contributed by atoms with Crippen molar-refractivity contribution in [3.63, 3.8) is 0 Å². The number of carbonyl (C=O) groups excluding carboxylic acids is 1. The molecule has 0 fully saturated rings. The van der Waals surface area contributed by atoms with Gasteiger partial charge in [0.1, 0.15) is 6.61 Å². The summed E-state index contributed by atoms with van der Waals surface area (Å²) in [6.07, 6.45) is 0.738. The number of hydrogen-bond donors (Lipinski definition) is 0. The lowest BCUT2D eigenvalue weighted by Crippen LogP contribution is -2.01. The molecule has 0 aliphatic rings. The van der Waals surface area contributed by atoms with Crippen LogP contribution >= 0.6 is 15.9 Å². The van der Waals surface area contributed by atoms with E-state index < -0.39 is 0 Å². The highest BCUT2D eigenvalue weighted by atomic mass is 79.9. The zero-order valence-electron chi connectivity index (χ0n) is 11.8. The van der Waals surface area contributed by atoms with E-state index in [1.54, 1.807) is 6.07 Å². The minimum atomic E-state index is 0.375. The zero-order chi connectivity index (χ0) is 15.2. The van der Waals surface area contributed by atoms with Crippen molar-refractivity contribution >= 4 is 22.2 Å².